The van der Waals surface area contributed by atoms with Crippen LogP contribution < -0.4 is 5.32 Å². The Bertz CT molecular complexity index is 564. The maximum Gasteiger partial charge on any atom is 0.419 e. The van der Waals surface area contributed by atoms with Crippen molar-refractivity contribution < 1.29 is 17.6 Å². The molecule has 0 saturated carbocycles. The molecular weight excluding hydrogens is 270 g/mol. The number of hydrogen-bond acceptors (Lipinski definition) is 1. The van der Waals surface area contributed by atoms with E-state index in [9.17, 15) is 17.6 Å². The molecule has 0 radical (unpaired) electrons. The molecule has 0 heterocycles. The minimum atomic E-state index is -4.68. The highest BCUT2D eigenvalue weighted by Crippen LogP contribution is 2.32. The van der Waals surface area contributed by atoms with E-state index >= 15 is 0 Å². The van der Waals surface area contributed by atoms with Gasteiger partial charge in [-0.15, -0.1) is 0 Å². The monoisotopic (exact) mass is 283 g/mol. The fraction of sp³-hybridized carbons (Fsp3) is 0.200. The summed E-state index contributed by atoms with van der Waals surface area (Å²) in [5.74, 6) is -1.26. The normalized spacial score (nSPS) is 11.4. The third-order valence-corrected chi connectivity index (χ3v) is 2.86. The van der Waals surface area contributed by atoms with Crippen molar-refractivity contribution in [2.45, 2.75) is 12.6 Å². The van der Waals surface area contributed by atoms with Gasteiger partial charge in [-0.1, -0.05) is 30.3 Å². The number of rotatable bonds is 4. The third-order valence-electron chi connectivity index (χ3n) is 2.86. The van der Waals surface area contributed by atoms with Crippen LogP contribution in [0, 0.1) is 5.82 Å². The number of halogens is 4. The van der Waals surface area contributed by atoms with E-state index in [-0.39, 0.29) is 5.69 Å². The first-order valence-corrected chi connectivity index (χ1v) is 6.11. The van der Waals surface area contributed by atoms with Crippen LogP contribution in [-0.4, -0.2) is 6.54 Å². The van der Waals surface area contributed by atoms with Crippen LogP contribution in [0.25, 0.3) is 0 Å². The molecular formula is C15H13F4N. The molecule has 0 aliphatic carbocycles. The average molecular weight is 283 g/mol. The fourth-order valence-corrected chi connectivity index (χ4v) is 1.85. The summed E-state index contributed by atoms with van der Waals surface area (Å²) in [4.78, 5) is 0. The van der Waals surface area contributed by atoms with Crippen molar-refractivity contribution in [3.63, 3.8) is 0 Å². The Morgan fingerprint density at radius 1 is 0.950 bits per heavy atom. The summed E-state index contributed by atoms with van der Waals surface area (Å²) in [5, 5.41) is 2.87. The second-order valence-corrected chi connectivity index (χ2v) is 4.35. The first-order valence-electron chi connectivity index (χ1n) is 6.11. The molecule has 20 heavy (non-hydrogen) atoms. The van der Waals surface area contributed by atoms with Gasteiger partial charge in [0, 0.05) is 12.2 Å². The lowest BCUT2D eigenvalue weighted by molar-refractivity contribution is -0.139. The predicted octanol–water partition coefficient (Wildman–Crippen LogP) is 4.50. The van der Waals surface area contributed by atoms with E-state index in [2.05, 4.69) is 5.32 Å². The highest BCUT2D eigenvalue weighted by Gasteiger charge is 2.34. The second kappa shape index (κ2) is 5.94. The van der Waals surface area contributed by atoms with Crippen molar-refractivity contribution >= 4 is 5.69 Å². The SMILES string of the molecule is Fc1ccc(NCCc2ccccc2)cc1C(F)(F)F. The van der Waals surface area contributed by atoms with Gasteiger partial charge in [0.1, 0.15) is 5.82 Å². The number of anilines is 1. The zero-order valence-corrected chi connectivity index (χ0v) is 10.5. The molecule has 2 aromatic rings. The third kappa shape index (κ3) is 3.73. The minimum Gasteiger partial charge on any atom is -0.385 e. The van der Waals surface area contributed by atoms with Crippen LogP contribution in [-0.2, 0) is 12.6 Å². The molecule has 0 spiro atoms. The molecule has 2 aromatic carbocycles. The van der Waals surface area contributed by atoms with Gasteiger partial charge in [0.2, 0.25) is 0 Å². The number of nitrogens with one attached hydrogen (secondary N) is 1. The Balaban J connectivity index is 2.00. The quantitative estimate of drug-likeness (QED) is 0.815. The largest absolute Gasteiger partial charge is 0.419 e. The van der Waals surface area contributed by atoms with Crippen LogP contribution in [0.4, 0.5) is 23.2 Å². The predicted molar refractivity (Wildman–Crippen MR) is 70.0 cm³/mol. The Morgan fingerprint density at radius 3 is 2.30 bits per heavy atom. The zero-order valence-electron chi connectivity index (χ0n) is 10.5. The van der Waals surface area contributed by atoms with Crippen LogP contribution in [0.15, 0.2) is 48.5 Å². The zero-order chi connectivity index (χ0) is 14.6. The molecule has 0 fully saturated rings. The summed E-state index contributed by atoms with van der Waals surface area (Å²) in [7, 11) is 0. The molecule has 1 nitrogen and oxygen atoms in total. The lowest BCUT2D eigenvalue weighted by atomic mass is 10.1. The lowest BCUT2D eigenvalue weighted by Gasteiger charge is -2.11. The molecule has 0 atom stereocenters. The van der Waals surface area contributed by atoms with Crippen LogP contribution in [0.5, 0.6) is 0 Å². The van der Waals surface area contributed by atoms with Crippen LogP contribution in [0.3, 0.4) is 0 Å². The fourth-order valence-electron chi connectivity index (χ4n) is 1.85. The van der Waals surface area contributed by atoms with Gasteiger partial charge in [0.25, 0.3) is 0 Å². The average Bonchev–Trinajstić information content (AvgIpc) is 2.40. The summed E-state index contributed by atoms with van der Waals surface area (Å²) in [6.45, 7) is 0.479. The van der Waals surface area contributed by atoms with E-state index in [1.807, 2.05) is 30.3 Å². The summed E-state index contributed by atoms with van der Waals surface area (Å²) in [6.07, 6.45) is -4.00. The first kappa shape index (κ1) is 14.4. The van der Waals surface area contributed by atoms with E-state index in [0.717, 1.165) is 17.7 Å². The van der Waals surface area contributed by atoms with E-state index in [4.69, 9.17) is 0 Å². The molecule has 0 amide bonds. The Labute approximate surface area is 114 Å². The molecule has 0 bridgehead atoms. The molecule has 1 N–H and O–H groups in total. The smallest absolute Gasteiger partial charge is 0.385 e. The summed E-state index contributed by atoms with van der Waals surface area (Å²) in [5.41, 5.74) is 0.0926. The van der Waals surface area contributed by atoms with Crippen LogP contribution >= 0.6 is 0 Å². The van der Waals surface area contributed by atoms with E-state index in [1.165, 1.54) is 6.07 Å². The first-order chi connectivity index (χ1) is 9.47. The minimum absolute atomic E-state index is 0.259. The summed E-state index contributed by atoms with van der Waals surface area (Å²) >= 11 is 0. The Morgan fingerprint density at radius 2 is 1.65 bits per heavy atom. The lowest BCUT2D eigenvalue weighted by Crippen LogP contribution is -2.10. The standard InChI is InChI=1S/C15H13F4N/c16-14-7-6-12(10-13(14)15(17,18)19)20-9-8-11-4-2-1-3-5-11/h1-7,10,20H,8-9H2. The van der Waals surface area contributed by atoms with Crippen molar-refractivity contribution in [1.29, 1.82) is 0 Å². The van der Waals surface area contributed by atoms with Gasteiger partial charge in [-0.2, -0.15) is 13.2 Å². The molecule has 5 heteroatoms. The van der Waals surface area contributed by atoms with Crippen molar-refractivity contribution in [2.75, 3.05) is 11.9 Å². The Hall–Kier alpha value is -2.04. The molecule has 0 aromatic heterocycles. The van der Waals surface area contributed by atoms with E-state index in [0.29, 0.717) is 13.0 Å². The van der Waals surface area contributed by atoms with Crippen LogP contribution in [0.2, 0.25) is 0 Å². The van der Waals surface area contributed by atoms with Gasteiger partial charge in [-0.05, 0) is 30.2 Å². The Kier molecular flexibility index (Phi) is 4.27. The van der Waals surface area contributed by atoms with Crippen LogP contribution in [0.1, 0.15) is 11.1 Å². The van der Waals surface area contributed by atoms with Crippen molar-refractivity contribution in [3.8, 4) is 0 Å². The number of hydrogen-bond donors (Lipinski definition) is 1. The molecule has 0 unspecified atom stereocenters. The van der Waals surface area contributed by atoms with Crippen molar-refractivity contribution in [3.05, 3.63) is 65.5 Å². The van der Waals surface area contributed by atoms with E-state index in [1.54, 1.807) is 0 Å². The van der Waals surface area contributed by atoms with Crippen molar-refractivity contribution in [1.82, 2.24) is 0 Å². The summed E-state index contributed by atoms with van der Waals surface area (Å²) in [6, 6.07) is 12.5. The molecule has 0 aliphatic heterocycles. The number of alkyl halides is 3. The topological polar surface area (TPSA) is 12.0 Å². The molecule has 106 valence electrons. The maximum absolute atomic E-state index is 13.1. The van der Waals surface area contributed by atoms with Gasteiger partial charge >= 0.3 is 6.18 Å². The van der Waals surface area contributed by atoms with Gasteiger partial charge in [-0.25, -0.2) is 4.39 Å². The van der Waals surface area contributed by atoms with E-state index < -0.39 is 17.6 Å². The summed E-state index contributed by atoms with van der Waals surface area (Å²) < 4.78 is 50.7. The highest BCUT2D eigenvalue weighted by atomic mass is 19.4. The molecule has 0 saturated heterocycles. The van der Waals surface area contributed by atoms with Gasteiger partial charge < -0.3 is 5.32 Å². The van der Waals surface area contributed by atoms with Gasteiger partial charge in [-0.3, -0.25) is 0 Å². The molecule has 0 aliphatic rings. The second-order valence-electron chi connectivity index (χ2n) is 4.35. The highest BCUT2D eigenvalue weighted by molar-refractivity contribution is 5.47. The van der Waals surface area contributed by atoms with Gasteiger partial charge in [0.15, 0.2) is 0 Å². The van der Waals surface area contributed by atoms with Gasteiger partial charge in [0.05, 0.1) is 5.56 Å². The maximum atomic E-state index is 13.1. The van der Waals surface area contributed by atoms with Crippen molar-refractivity contribution in [2.24, 2.45) is 0 Å². The molecule has 2 rings (SSSR count). The number of benzene rings is 2.